The smallest absolute Gasteiger partial charge is 0.254 e. The summed E-state index contributed by atoms with van der Waals surface area (Å²) < 4.78 is 32.2. The molecule has 0 radical (unpaired) electrons. The molecule has 1 amide bonds. The predicted octanol–water partition coefficient (Wildman–Crippen LogP) is 3.51. The lowest BCUT2D eigenvalue weighted by atomic mass is 10.1. The van der Waals surface area contributed by atoms with Crippen molar-refractivity contribution in [1.82, 2.24) is 10.2 Å². The Kier molecular flexibility index (Phi) is 5.25. The van der Waals surface area contributed by atoms with Crippen molar-refractivity contribution >= 4 is 5.91 Å². The molecule has 1 atom stereocenters. The summed E-state index contributed by atoms with van der Waals surface area (Å²) in [5.74, 6) is -1.34. The zero-order valence-corrected chi connectivity index (χ0v) is 13.3. The fraction of sp³-hybridized carbons (Fsp3) is 0.389. The van der Waals surface area contributed by atoms with Gasteiger partial charge in [0, 0.05) is 12.6 Å². The Bertz CT molecular complexity index is 682. The number of rotatable bonds is 5. The SMILES string of the molecule is O=C(NCC(c1ccco1)N1CCCCC1)c1ccc(F)cc1F. The Hall–Kier alpha value is -2.21. The average Bonchev–Trinajstić information content (AvgIpc) is 3.10. The fourth-order valence-electron chi connectivity index (χ4n) is 3.08. The number of likely N-dealkylation sites (tertiary alicyclic amines) is 1. The third-order valence-electron chi connectivity index (χ3n) is 4.33. The van der Waals surface area contributed by atoms with E-state index in [9.17, 15) is 13.6 Å². The average molecular weight is 334 g/mol. The molecule has 0 aliphatic carbocycles. The molecule has 0 spiro atoms. The van der Waals surface area contributed by atoms with E-state index in [2.05, 4.69) is 10.2 Å². The number of carbonyl (C=O) groups is 1. The monoisotopic (exact) mass is 334 g/mol. The van der Waals surface area contributed by atoms with Gasteiger partial charge in [-0.1, -0.05) is 6.42 Å². The van der Waals surface area contributed by atoms with Crippen LogP contribution in [0, 0.1) is 11.6 Å². The number of nitrogens with one attached hydrogen (secondary N) is 1. The van der Waals surface area contributed by atoms with Crippen LogP contribution in [0.1, 0.15) is 41.4 Å². The molecule has 2 heterocycles. The number of halogens is 2. The zero-order chi connectivity index (χ0) is 16.9. The Labute approximate surface area is 139 Å². The maximum absolute atomic E-state index is 13.7. The largest absolute Gasteiger partial charge is 0.468 e. The maximum atomic E-state index is 13.7. The molecule has 1 aliphatic rings. The van der Waals surface area contributed by atoms with Crippen LogP contribution in [-0.4, -0.2) is 30.4 Å². The summed E-state index contributed by atoms with van der Waals surface area (Å²) >= 11 is 0. The van der Waals surface area contributed by atoms with Crippen molar-refractivity contribution in [1.29, 1.82) is 0 Å². The van der Waals surface area contributed by atoms with Crippen LogP contribution in [-0.2, 0) is 0 Å². The van der Waals surface area contributed by atoms with Crippen LogP contribution >= 0.6 is 0 Å². The first-order valence-electron chi connectivity index (χ1n) is 8.16. The van der Waals surface area contributed by atoms with Crippen molar-refractivity contribution in [2.24, 2.45) is 0 Å². The van der Waals surface area contributed by atoms with E-state index in [4.69, 9.17) is 4.42 Å². The second-order valence-electron chi connectivity index (χ2n) is 5.96. The molecule has 0 saturated carbocycles. The van der Waals surface area contributed by atoms with Gasteiger partial charge in [-0.15, -0.1) is 0 Å². The quantitative estimate of drug-likeness (QED) is 0.910. The van der Waals surface area contributed by atoms with Crippen LogP contribution in [0.3, 0.4) is 0 Å². The number of hydrogen-bond donors (Lipinski definition) is 1. The minimum atomic E-state index is -0.861. The Morgan fingerprint density at radius 2 is 2.00 bits per heavy atom. The number of furan rings is 1. The molecule has 1 saturated heterocycles. The minimum Gasteiger partial charge on any atom is -0.468 e. The molecular formula is C18H20F2N2O2. The van der Waals surface area contributed by atoms with Gasteiger partial charge in [0.15, 0.2) is 0 Å². The third-order valence-corrected chi connectivity index (χ3v) is 4.33. The molecule has 4 nitrogen and oxygen atoms in total. The standard InChI is InChI=1S/C18H20F2N2O2/c19-13-6-7-14(15(20)11-13)18(23)21-12-16(17-5-4-10-24-17)22-8-2-1-3-9-22/h4-7,10-11,16H,1-3,8-9,12H2,(H,21,23). The van der Waals surface area contributed by atoms with Gasteiger partial charge < -0.3 is 9.73 Å². The molecule has 2 aromatic rings. The second kappa shape index (κ2) is 7.57. The summed E-state index contributed by atoms with van der Waals surface area (Å²) in [6.45, 7) is 2.18. The fourth-order valence-corrected chi connectivity index (χ4v) is 3.08. The summed E-state index contributed by atoms with van der Waals surface area (Å²) in [6, 6.07) is 6.55. The number of carbonyl (C=O) groups excluding carboxylic acids is 1. The highest BCUT2D eigenvalue weighted by atomic mass is 19.1. The summed E-state index contributed by atoms with van der Waals surface area (Å²) in [5, 5.41) is 2.74. The van der Waals surface area contributed by atoms with Gasteiger partial charge in [-0.2, -0.15) is 0 Å². The van der Waals surface area contributed by atoms with E-state index in [-0.39, 0.29) is 11.6 Å². The van der Waals surface area contributed by atoms with Crippen molar-refractivity contribution in [3.05, 3.63) is 59.6 Å². The van der Waals surface area contributed by atoms with Crippen molar-refractivity contribution in [3.8, 4) is 0 Å². The molecule has 1 aromatic heterocycles. The highest BCUT2D eigenvalue weighted by molar-refractivity contribution is 5.94. The molecular weight excluding hydrogens is 314 g/mol. The van der Waals surface area contributed by atoms with E-state index < -0.39 is 17.5 Å². The van der Waals surface area contributed by atoms with Crippen molar-refractivity contribution in [2.45, 2.75) is 25.3 Å². The Morgan fingerprint density at radius 3 is 2.67 bits per heavy atom. The molecule has 6 heteroatoms. The van der Waals surface area contributed by atoms with Gasteiger partial charge in [0.2, 0.25) is 0 Å². The highest BCUT2D eigenvalue weighted by Gasteiger charge is 2.25. The van der Waals surface area contributed by atoms with E-state index in [1.807, 2.05) is 12.1 Å². The predicted molar refractivity (Wildman–Crippen MR) is 85.6 cm³/mol. The van der Waals surface area contributed by atoms with Crippen LogP contribution in [0.4, 0.5) is 8.78 Å². The van der Waals surface area contributed by atoms with Crippen LogP contribution < -0.4 is 5.32 Å². The topological polar surface area (TPSA) is 45.5 Å². The molecule has 1 unspecified atom stereocenters. The van der Waals surface area contributed by atoms with Crippen LogP contribution in [0.15, 0.2) is 41.0 Å². The number of benzene rings is 1. The lowest BCUT2D eigenvalue weighted by Gasteiger charge is -2.33. The van der Waals surface area contributed by atoms with E-state index >= 15 is 0 Å². The van der Waals surface area contributed by atoms with Gasteiger partial charge in [0.25, 0.3) is 5.91 Å². The third kappa shape index (κ3) is 3.82. The maximum Gasteiger partial charge on any atom is 0.254 e. The van der Waals surface area contributed by atoms with Gasteiger partial charge in [0.1, 0.15) is 17.4 Å². The van der Waals surface area contributed by atoms with Crippen LogP contribution in [0.5, 0.6) is 0 Å². The van der Waals surface area contributed by atoms with E-state index in [0.29, 0.717) is 12.6 Å². The molecule has 128 valence electrons. The molecule has 1 fully saturated rings. The Morgan fingerprint density at radius 1 is 1.21 bits per heavy atom. The highest BCUT2D eigenvalue weighted by Crippen LogP contribution is 2.24. The van der Waals surface area contributed by atoms with Crippen LogP contribution in [0.2, 0.25) is 0 Å². The lowest BCUT2D eigenvalue weighted by molar-refractivity contribution is 0.0910. The lowest BCUT2D eigenvalue weighted by Crippen LogP contribution is -2.40. The van der Waals surface area contributed by atoms with Gasteiger partial charge in [-0.25, -0.2) is 8.78 Å². The van der Waals surface area contributed by atoms with Crippen molar-refractivity contribution in [2.75, 3.05) is 19.6 Å². The number of hydrogen-bond acceptors (Lipinski definition) is 3. The summed E-state index contributed by atoms with van der Waals surface area (Å²) in [6.07, 6.45) is 5.03. The number of nitrogens with zero attached hydrogens (tertiary/aromatic N) is 1. The first-order valence-corrected chi connectivity index (χ1v) is 8.16. The zero-order valence-electron chi connectivity index (χ0n) is 13.3. The van der Waals surface area contributed by atoms with E-state index in [1.54, 1.807) is 6.26 Å². The summed E-state index contributed by atoms with van der Waals surface area (Å²) in [5.41, 5.74) is -0.159. The molecule has 0 bridgehead atoms. The van der Waals surface area contributed by atoms with Gasteiger partial charge in [-0.3, -0.25) is 9.69 Å². The number of amides is 1. The van der Waals surface area contributed by atoms with E-state index in [1.165, 1.54) is 6.42 Å². The van der Waals surface area contributed by atoms with Gasteiger partial charge in [-0.05, 0) is 50.2 Å². The Balaban J connectivity index is 1.70. The van der Waals surface area contributed by atoms with E-state index in [0.717, 1.165) is 43.8 Å². The number of piperidine rings is 1. The molecule has 1 aromatic carbocycles. The summed E-state index contributed by atoms with van der Waals surface area (Å²) in [7, 11) is 0. The van der Waals surface area contributed by atoms with Gasteiger partial charge in [0.05, 0.1) is 17.9 Å². The molecule has 24 heavy (non-hydrogen) atoms. The summed E-state index contributed by atoms with van der Waals surface area (Å²) in [4.78, 5) is 14.5. The molecule has 1 aliphatic heterocycles. The molecule has 1 N–H and O–H groups in total. The second-order valence-corrected chi connectivity index (χ2v) is 5.96. The van der Waals surface area contributed by atoms with Crippen LogP contribution in [0.25, 0.3) is 0 Å². The van der Waals surface area contributed by atoms with Crippen molar-refractivity contribution in [3.63, 3.8) is 0 Å². The molecule has 3 rings (SSSR count). The minimum absolute atomic E-state index is 0.0900. The normalized spacial score (nSPS) is 16.8. The first-order chi connectivity index (χ1) is 11.6. The first kappa shape index (κ1) is 16.6. The van der Waals surface area contributed by atoms with Gasteiger partial charge >= 0.3 is 0 Å². The van der Waals surface area contributed by atoms with Crippen molar-refractivity contribution < 1.29 is 18.0 Å².